The number of amides is 1. The molecule has 1 aromatic carbocycles. The van der Waals surface area contributed by atoms with Gasteiger partial charge in [0, 0.05) is 44.1 Å². The van der Waals surface area contributed by atoms with Crippen molar-refractivity contribution in [3.8, 4) is 0 Å². The normalized spacial score (nSPS) is 30.6. The van der Waals surface area contributed by atoms with E-state index in [1.54, 1.807) is 0 Å². The van der Waals surface area contributed by atoms with Crippen LogP contribution in [0, 0.1) is 11.8 Å². The van der Waals surface area contributed by atoms with Crippen molar-refractivity contribution in [1.82, 2.24) is 10.2 Å². The van der Waals surface area contributed by atoms with E-state index in [-0.39, 0.29) is 17.9 Å². The van der Waals surface area contributed by atoms with Crippen LogP contribution in [-0.2, 0) is 16.0 Å². The van der Waals surface area contributed by atoms with Crippen LogP contribution in [0.3, 0.4) is 0 Å². The number of hydrogen-bond acceptors (Lipinski definition) is 3. The van der Waals surface area contributed by atoms with E-state index in [0.29, 0.717) is 12.0 Å². The molecule has 3 aliphatic rings. The lowest BCUT2D eigenvalue weighted by molar-refractivity contribution is -0.141. The fourth-order valence-electron chi connectivity index (χ4n) is 4.18. The minimum Gasteiger partial charge on any atom is -0.378 e. The van der Waals surface area contributed by atoms with E-state index in [9.17, 15) is 4.79 Å². The van der Waals surface area contributed by atoms with Crippen LogP contribution in [0.5, 0.6) is 0 Å². The van der Waals surface area contributed by atoms with Gasteiger partial charge in [-0.1, -0.05) is 30.3 Å². The monoisotopic (exact) mass is 328 g/mol. The van der Waals surface area contributed by atoms with Crippen LogP contribution in [-0.4, -0.2) is 49.2 Å². The summed E-state index contributed by atoms with van der Waals surface area (Å²) in [4.78, 5) is 15.1. The number of benzene rings is 1. The van der Waals surface area contributed by atoms with Crippen LogP contribution in [0.4, 0.5) is 0 Å². The van der Waals surface area contributed by atoms with Gasteiger partial charge in [0.2, 0.25) is 5.91 Å². The maximum absolute atomic E-state index is 12.6. The van der Waals surface area contributed by atoms with Crippen molar-refractivity contribution >= 4 is 5.91 Å². The maximum Gasteiger partial charge on any atom is 0.223 e. The Balaban J connectivity index is 1.35. The van der Waals surface area contributed by atoms with Crippen molar-refractivity contribution in [2.75, 3.05) is 26.2 Å². The zero-order chi connectivity index (χ0) is 16.4. The highest BCUT2D eigenvalue weighted by Crippen LogP contribution is 2.34. The van der Waals surface area contributed by atoms with Crippen molar-refractivity contribution in [1.29, 1.82) is 0 Å². The second-order valence-electron chi connectivity index (χ2n) is 7.58. The summed E-state index contributed by atoms with van der Waals surface area (Å²) in [5, 5.41) is 3.22. The Kier molecular flexibility index (Phi) is 4.86. The van der Waals surface area contributed by atoms with Gasteiger partial charge in [0.1, 0.15) is 0 Å². The van der Waals surface area contributed by atoms with E-state index < -0.39 is 0 Å². The lowest BCUT2D eigenvalue weighted by Gasteiger charge is -2.44. The van der Waals surface area contributed by atoms with Crippen molar-refractivity contribution in [2.45, 2.75) is 44.2 Å². The highest BCUT2D eigenvalue weighted by atomic mass is 16.5. The van der Waals surface area contributed by atoms with Crippen LogP contribution in [0.15, 0.2) is 30.3 Å². The molecule has 2 heterocycles. The highest BCUT2D eigenvalue weighted by Gasteiger charge is 2.42. The van der Waals surface area contributed by atoms with Crippen LogP contribution in [0.2, 0.25) is 0 Å². The first-order valence-corrected chi connectivity index (χ1v) is 9.48. The van der Waals surface area contributed by atoms with E-state index in [0.717, 1.165) is 58.3 Å². The Morgan fingerprint density at radius 3 is 2.79 bits per heavy atom. The topological polar surface area (TPSA) is 41.6 Å². The second-order valence-corrected chi connectivity index (χ2v) is 7.58. The molecule has 1 N–H and O–H groups in total. The second kappa shape index (κ2) is 7.24. The highest BCUT2D eigenvalue weighted by molar-refractivity contribution is 5.79. The first-order chi connectivity index (χ1) is 11.8. The number of likely N-dealkylation sites (tertiary alicyclic amines) is 1. The fourth-order valence-corrected chi connectivity index (χ4v) is 4.18. The largest absolute Gasteiger partial charge is 0.378 e. The van der Waals surface area contributed by atoms with Gasteiger partial charge < -0.3 is 15.0 Å². The van der Waals surface area contributed by atoms with Gasteiger partial charge in [-0.2, -0.15) is 0 Å². The van der Waals surface area contributed by atoms with E-state index in [2.05, 4.69) is 40.5 Å². The van der Waals surface area contributed by atoms with Crippen molar-refractivity contribution < 1.29 is 9.53 Å². The molecule has 1 amide bonds. The standard InChI is InChI=1S/C20H28N2O2/c23-20(21-16-6-7-16)17-10-13-24-19-9-12-22(14-18(17)19)11-8-15-4-2-1-3-5-15/h1-5,16-19H,6-14H2,(H,21,23)/t17-,18-,19-/m1/s1. The maximum atomic E-state index is 12.6. The lowest BCUT2D eigenvalue weighted by atomic mass is 9.79. The van der Waals surface area contributed by atoms with Crippen LogP contribution < -0.4 is 5.32 Å². The Hall–Kier alpha value is -1.39. The van der Waals surface area contributed by atoms with Crippen molar-refractivity contribution in [3.05, 3.63) is 35.9 Å². The van der Waals surface area contributed by atoms with Gasteiger partial charge in [0.25, 0.3) is 0 Å². The molecule has 3 fully saturated rings. The summed E-state index contributed by atoms with van der Waals surface area (Å²) in [5.74, 6) is 0.784. The predicted molar refractivity (Wildman–Crippen MR) is 93.7 cm³/mol. The molecule has 1 aliphatic carbocycles. The molecular weight excluding hydrogens is 300 g/mol. The molecule has 24 heavy (non-hydrogen) atoms. The van der Waals surface area contributed by atoms with Crippen molar-refractivity contribution in [3.63, 3.8) is 0 Å². The number of hydrogen-bond donors (Lipinski definition) is 1. The SMILES string of the molecule is O=C(NC1CC1)[C@@H]1CCO[C@@H]2CCN(CCc3ccccc3)C[C@@H]21. The number of ether oxygens (including phenoxy) is 1. The number of piperidine rings is 1. The number of nitrogens with one attached hydrogen (secondary N) is 1. The van der Waals surface area contributed by atoms with Crippen LogP contribution in [0.1, 0.15) is 31.2 Å². The molecule has 1 saturated carbocycles. The summed E-state index contributed by atoms with van der Waals surface area (Å²) >= 11 is 0. The number of rotatable bonds is 5. The average Bonchev–Trinajstić information content (AvgIpc) is 3.44. The minimum atomic E-state index is 0.142. The third-order valence-corrected chi connectivity index (χ3v) is 5.77. The summed E-state index contributed by atoms with van der Waals surface area (Å²) < 4.78 is 5.99. The zero-order valence-corrected chi connectivity index (χ0v) is 14.3. The van der Waals surface area contributed by atoms with Gasteiger partial charge in [-0.3, -0.25) is 4.79 Å². The van der Waals surface area contributed by atoms with Gasteiger partial charge in [-0.15, -0.1) is 0 Å². The fraction of sp³-hybridized carbons (Fsp3) is 0.650. The summed E-state index contributed by atoms with van der Waals surface area (Å²) in [6.07, 6.45) is 5.62. The van der Waals surface area contributed by atoms with Gasteiger partial charge in [-0.05, 0) is 37.7 Å². The molecule has 2 aliphatic heterocycles. The zero-order valence-electron chi connectivity index (χ0n) is 14.3. The quantitative estimate of drug-likeness (QED) is 0.901. The molecule has 2 saturated heterocycles. The van der Waals surface area contributed by atoms with Crippen LogP contribution >= 0.6 is 0 Å². The Labute approximate surface area is 144 Å². The van der Waals surface area contributed by atoms with Gasteiger partial charge >= 0.3 is 0 Å². The summed E-state index contributed by atoms with van der Waals surface area (Å²) in [6.45, 7) is 3.91. The minimum absolute atomic E-state index is 0.142. The predicted octanol–water partition coefficient (Wildman–Crippen LogP) is 2.23. The molecule has 4 nitrogen and oxygen atoms in total. The third kappa shape index (κ3) is 3.81. The van der Waals surface area contributed by atoms with Gasteiger partial charge in [0.05, 0.1) is 6.10 Å². The first kappa shape index (κ1) is 16.1. The average molecular weight is 328 g/mol. The molecule has 3 atom stereocenters. The molecule has 0 bridgehead atoms. The van der Waals surface area contributed by atoms with Gasteiger partial charge in [0.15, 0.2) is 0 Å². The van der Waals surface area contributed by atoms with Crippen LogP contribution in [0.25, 0.3) is 0 Å². The Morgan fingerprint density at radius 1 is 1.17 bits per heavy atom. The Bertz CT molecular complexity index is 558. The number of fused-ring (bicyclic) bond motifs is 1. The molecule has 0 unspecified atom stereocenters. The number of carbonyl (C=O) groups is 1. The first-order valence-electron chi connectivity index (χ1n) is 9.48. The molecular formula is C20H28N2O2. The van der Waals surface area contributed by atoms with Gasteiger partial charge in [-0.25, -0.2) is 0 Å². The van der Waals surface area contributed by atoms with E-state index in [1.807, 2.05) is 0 Å². The summed E-state index contributed by atoms with van der Waals surface area (Å²) in [7, 11) is 0. The van der Waals surface area contributed by atoms with E-state index >= 15 is 0 Å². The Morgan fingerprint density at radius 2 is 2.00 bits per heavy atom. The van der Waals surface area contributed by atoms with Crippen molar-refractivity contribution in [2.24, 2.45) is 11.8 Å². The molecule has 0 radical (unpaired) electrons. The lowest BCUT2D eigenvalue weighted by Crippen LogP contribution is -2.53. The summed E-state index contributed by atoms with van der Waals surface area (Å²) in [6, 6.07) is 11.1. The summed E-state index contributed by atoms with van der Waals surface area (Å²) in [5.41, 5.74) is 1.39. The molecule has 4 rings (SSSR count). The third-order valence-electron chi connectivity index (χ3n) is 5.77. The molecule has 130 valence electrons. The smallest absolute Gasteiger partial charge is 0.223 e. The number of nitrogens with zero attached hydrogens (tertiary/aromatic N) is 1. The number of carbonyl (C=O) groups excluding carboxylic acids is 1. The molecule has 0 aromatic heterocycles. The van der Waals surface area contributed by atoms with E-state index in [1.165, 1.54) is 5.56 Å². The molecule has 0 spiro atoms. The molecule has 4 heteroatoms. The van der Waals surface area contributed by atoms with E-state index in [4.69, 9.17) is 4.74 Å². The molecule has 1 aromatic rings.